The topological polar surface area (TPSA) is 207 Å². The van der Waals surface area contributed by atoms with Crippen LogP contribution in [-0.4, -0.2) is 29.9 Å². The zero-order valence-corrected chi connectivity index (χ0v) is 8.70. The Morgan fingerprint density at radius 3 is 1.94 bits per heavy atom. The highest BCUT2D eigenvalue weighted by Gasteiger charge is 2.20. The van der Waals surface area contributed by atoms with E-state index in [0.29, 0.717) is 0 Å². The van der Waals surface area contributed by atoms with E-state index in [1.807, 2.05) is 0 Å². The Morgan fingerprint density at radius 2 is 1.47 bits per heavy atom. The molecule has 0 fully saturated rings. The van der Waals surface area contributed by atoms with Crippen LogP contribution < -0.4 is 28.7 Å². The van der Waals surface area contributed by atoms with Crippen LogP contribution in [0.1, 0.15) is 6.42 Å². The monoisotopic (exact) mass is 247 g/mol. The fourth-order valence-electron chi connectivity index (χ4n) is 0.569. The molecule has 96 valence electrons. The Balaban J connectivity index is 4.12. The number of carbonyl (C=O) groups is 2. The lowest BCUT2D eigenvalue weighted by Gasteiger charge is -2.05. The van der Waals surface area contributed by atoms with Crippen LogP contribution in [-0.2, 0) is 19.3 Å². The van der Waals surface area contributed by atoms with E-state index in [-0.39, 0.29) is 0 Å². The minimum absolute atomic E-state index is 0.449. The largest absolute Gasteiger partial charge is 0.367 e. The van der Waals surface area contributed by atoms with Crippen molar-refractivity contribution < 1.29 is 19.3 Å². The molecule has 17 heavy (non-hydrogen) atoms. The number of guanidine groups is 2. The maximum Gasteiger partial charge on any atom is 0.352 e. The molecule has 11 heteroatoms. The Hall–Kier alpha value is -2.56. The smallest absolute Gasteiger partial charge is 0.352 e. The van der Waals surface area contributed by atoms with Crippen molar-refractivity contribution in [3.05, 3.63) is 0 Å². The van der Waals surface area contributed by atoms with E-state index in [1.54, 1.807) is 0 Å². The minimum Gasteiger partial charge on any atom is -0.367 e. The molecule has 0 aliphatic rings. The lowest BCUT2D eigenvalue weighted by Crippen LogP contribution is -2.35. The molecule has 1 atom stereocenters. The molecular weight excluding hydrogens is 234 g/mol. The summed E-state index contributed by atoms with van der Waals surface area (Å²) < 4.78 is 0. The van der Waals surface area contributed by atoms with Gasteiger partial charge >= 0.3 is 11.9 Å². The minimum atomic E-state index is -1.31. The SMILES string of the molecule is NC(N)=NOC(=O)C[C@H](N)C(=O)ON=C(N)N. The first-order chi connectivity index (χ1) is 7.82. The quantitative estimate of drug-likeness (QED) is 0.139. The maximum atomic E-state index is 11.1. The molecule has 0 spiro atoms. The summed E-state index contributed by atoms with van der Waals surface area (Å²) in [4.78, 5) is 30.4. The molecule has 0 aromatic rings. The van der Waals surface area contributed by atoms with E-state index in [0.717, 1.165) is 0 Å². The number of carbonyl (C=O) groups excluding carboxylic acids is 2. The molecule has 0 radical (unpaired) electrons. The van der Waals surface area contributed by atoms with E-state index in [4.69, 9.17) is 28.7 Å². The Bertz CT molecular complexity index is 344. The summed E-state index contributed by atoms with van der Waals surface area (Å²) in [5, 5.41) is 5.91. The summed E-state index contributed by atoms with van der Waals surface area (Å²) in [7, 11) is 0. The van der Waals surface area contributed by atoms with Crippen molar-refractivity contribution in [1.82, 2.24) is 0 Å². The van der Waals surface area contributed by atoms with Crippen LogP contribution in [0.4, 0.5) is 0 Å². The Morgan fingerprint density at radius 1 is 1.00 bits per heavy atom. The molecule has 0 bridgehead atoms. The second-order valence-electron chi connectivity index (χ2n) is 2.72. The number of hydrogen-bond donors (Lipinski definition) is 5. The van der Waals surface area contributed by atoms with Gasteiger partial charge in [0.1, 0.15) is 6.04 Å². The first-order valence-electron chi connectivity index (χ1n) is 4.17. The van der Waals surface area contributed by atoms with Crippen LogP contribution in [0, 0.1) is 0 Å². The van der Waals surface area contributed by atoms with Crippen LogP contribution in [0.5, 0.6) is 0 Å². The van der Waals surface area contributed by atoms with Gasteiger partial charge in [-0.3, -0.25) is 0 Å². The lowest BCUT2D eigenvalue weighted by atomic mass is 10.2. The molecule has 0 rings (SSSR count). The third-order valence-corrected chi connectivity index (χ3v) is 1.18. The van der Waals surface area contributed by atoms with Crippen molar-refractivity contribution in [3.8, 4) is 0 Å². The van der Waals surface area contributed by atoms with E-state index in [9.17, 15) is 9.59 Å². The highest BCUT2D eigenvalue weighted by atomic mass is 16.7. The van der Waals surface area contributed by atoms with E-state index < -0.39 is 36.3 Å². The van der Waals surface area contributed by atoms with Crippen molar-refractivity contribution >= 4 is 23.9 Å². The molecule has 10 N–H and O–H groups in total. The van der Waals surface area contributed by atoms with Crippen LogP contribution in [0.25, 0.3) is 0 Å². The Kier molecular flexibility index (Phi) is 5.81. The molecule has 0 amide bonds. The molecule has 0 aliphatic heterocycles. The fraction of sp³-hybridized carbons (Fsp3) is 0.333. The molecule has 0 aromatic carbocycles. The highest BCUT2D eigenvalue weighted by molar-refractivity contribution is 5.84. The Labute approximate surface area is 95.5 Å². The van der Waals surface area contributed by atoms with Crippen molar-refractivity contribution in [2.45, 2.75) is 12.5 Å². The number of nitrogens with two attached hydrogens (primary N) is 5. The third-order valence-electron chi connectivity index (χ3n) is 1.18. The normalized spacial score (nSPS) is 10.9. The predicted molar refractivity (Wildman–Crippen MR) is 56.4 cm³/mol. The van der Waals surface area contributed by atoms with Crippen molar-refractivity contribution in [2.75, 3.05) is 0 Å². The molecular formula is C6H13N7O4. The average molecular weight is 247 g/mol. The summed E-state index contributed by atoms with van der Waals surface area (Å²) in [6, 6.07) is -1.31. The van der Waals surface area contributed by atoms with Gasteiger partial charge in [0, 0.05) is 0 Å². The molecule has 11 nitrogen and oxygen atoms in total. The van der Waals surface area contributed by atoms with Gasteiger partial charge < -0.3 is 38.3 Å². The summed E-state index contributed by atoms with van der Waals surface area (Å²) in [5.41, 5.74) is 24.9. The first kappa shape index (κ1) is 14.4. The van der Waals surface area contributed by atoms with Gasteiger partial charge in [-0.2, -0.15) is 0 Å². The van der Waals surface area contributed by atoms with E-state index in [1.165, 1.54) is 0 Å². The lowest BCUT2D eigenvalue weighted by molar-refractivity contribution is -0.151. The number of oxime groups is 2. The molecule has 0 saturated carbocycles. The van der Waals surface area contributed by atoms with Gasteiger partial charge in [0.05, 0.1) is 6.42 Å². The maximum absolute atomic E-state index is 11.1. The van der Waals surface area contributed by atoms with Gasteiger partial charge in [-0.1, -0.05) is 0 Å². The van der Waals surface area contributed by atoms with E-state index >= 15 is 0 Å². The van der Waals surface area contributed by atoms with Gasteiger partial charge in [-0.25, -0.2) is 9.59 Å². The summed E-state index contributed by atoms with van der Waals surface area (Å²) in [6.07, 6.45) is -0.504. The summed E-state index contributed by atoms with van der Waals surface area (Å²) in [5.74, 6) is -2.85. The molecule has 0 aromatic heterocycles. The predicted octanol–water partition coefficient (Wildman–Crippen LogP) is -3.83. The summed E-state index contributed by atoms with van der Waals surface area (Å²) in [6.45, 7) is 0. The van der Waals surface area contributed by atoms with Crippen LogP contribution in [0.2, 0.25) is 0 Å². The van der Waals surface area contributed by atoms with Crippen molar-refractivity contribution in [3.63, 3.8) is 0 Å². The second-order valence-corrected chi connectivity index (χ2v) is 2.72. The standard InChI is InChI=1S/C6H13N7O4/c7-2(4(15)17-13-6(10)11)1-3(14)16-12-5(8)9/h2H,1,7H2,(H4,8,9,12)(H4,10,11,13)/t2-/m0/s1. The van der Waals surface area contributed by atoms with Crippen LogP contribution >= 0.6 is 0 Å². The first-order valence-corrected chi connectivity index (χ1v) is 4.17. The van der Waals surface area contributed by atoms with Crippen LogP contribution in [0.3, 0.4) is 0 Å². The van der Waals surface area contributed by atoms with Crippen molar-refractivity contribution in [1.29, 1.82) is 0 Å². The fourth-order valence-corrected chi connectivity index (χ4v) is 0.569. The highest BCUT2D eigenvalue weighted by Crippen LogP contribution is 1.96. The molecule has 0 aliphatic carbocycles. The molecule has 0 saturated heterocycles. The average Bonchev–Trinajstić information content (AvgIpc) is 2.22. The zero-order chi connectivity index (χ0) is 13.4. The van der Waals surface area contributed by atoms with Crippen LogP contribution in [0.15, 0.2) is 10.3 Å². The van der Waals surface area contributed by atoms with Gasteiger partial charge in [0.25, 0.3) is 0 Å². The van der Waals surface area contributed by atoms with Gasteiger partial charge in [-0.15, -0.1) is 0 Å². The molecule has 0 unspecified atom stereocenters. The van der Waals surface area contributed by atoms with Gasteiger partial charge in [-0.05, 0) is 10.3 Å². The zero-order valence-electron chi connectivity index (χ0n) is 8.70. The molecule has 0 heterocycles. The van der Waals surface area contributed by atoms with Crippen molar-refractivity contribution in [2.24, 2.45) is 39.0 Å². The number of nitrogens with zero attached hydrogens (tertiary/aromatic N) is 2. The van der Waals surface area contributed by atoms with Gasteiger partial charge in [0.15, 0.2) is 0 Å². The van der Waals surface area contributed by atoms with E-state index in [2.05, 4.69) is 20.0 Å². The third kappa shape index (κ3) is 7.38. The summed E-state index contributed by atoms with van der Waals surface area (Å²) >= 11 is 0. The number of rotatable bonds is 5. The van der Waals surface area contributed by atoms with Gasteiger partial charge in [0.2, 0.25) is 11.9 Å². The number of hydrogen-bond acceptors (Lipinski definition) is 7. The second kappa shape index (κ2) is 6.84.